The first-order valence-electron chi connectivity index (χ1n) is 6.22. The molecule has 1 amide bonds. The number of pyridine rings is 1. The van der Waals surface area contributed by atoms with Gasteiger partial charge in [0, 0.05) is 6.04 Å². The third kappa shape index (κ3) is 3.60. The summed E-state index contributed by atoms with van der Waals surface area (Å²) in [5.74, 6) is 0.472. The van der Waals surface area contributed by atoms with Gasteiger partial charge in [0.2, 0.25) is 0 Å². The maximum atomic E-state index is 12.1. The van der Waals surface area contributed by atoms with Crippen LogP contribution in [0.25, 0.3) is 0 Å². The molecule has 0 aromatic carbocycles. The summed E-state index contributed by atoms with van der Waals surface area (Å²) in [5.41, 5.74) is 5.75. The van der Waals surface area contributed by atoms with Crippen LogP contribution < -0.4 is 11.1 Å². The molecule has 1 unspecified atom stereocenters. The molecule has 5 heteroatoms. The Morgan fingerprint density at radius 1 is 1.44 bits per heavy atom. The quantitative estimate of drug-likeness (QED) is 0.864. The molecule has 1 aromatic heterocycles. The fourth-order valence-electron chi connectivity index (χ4n) is 2.01. The van der Waals surface area contributed by atoms with E-state index in [0.29, 0.717) is 16.8 Å². The number of carbonyl (C=O) groups is 1. The van der Waals surface area contributed by atoms with Crippen LogP contribution in [-0.4, -0.2) is 16.9 Å². The van der Waals surface area contributed by atoms with Crippen molar-refractivity contribution >= 4 is 23.3 Å². The first kappa shape index (κ1) is 14.8. The number of nitrogen functional groups attached to an aromatic ring is 1. The highest BCUT2D eigenvalue weighted by atomic mass is 35.5. The molecule has 100 valence electrons. The molecule has 0 spiro atoms. The third-order valence-electron chi connectivity index (χ3n) is 3.20. The minimum Gasteiger partial charge on any atom is -0.384 e. The molecule has 1 aromatic rings. The molecule has 3 N–H and O–H groups in total. The van der Waals surface area contributed by atoms with Crippen molar-refractivity contribution in [2.45, 2.75) is 39.7 Å². The van der Waals surface area contributed by atoms with Crippen molar-refractivity contribution in [3.05, 3.63) is 22.8 Å². The van der Waals surface area contributed by atoms with Crippen molar-refractivity contribution < 1.29 is 4.79 Å². The van der Waals surface area contributed by atoms with Gasteiger partial charge >= 0.3 is 0 Å². The minimum atomic E-state index is -0.272. The Morgan fingerprint density at radius 3 is 2.61 bits per heavy atom. The summed E-state index contributed by atoms with van der Waals surface area (Å²) < 4.78 is 0. The molecule has 4 nitrogen and oxygen atoms in total. The molecule has 0 aliphatic rings. The van der Waals surface area contributed by atoms with Gasteiger partial charge in [-0.1, -0.05) is 38.3 Å². The van der Waals surface area contributed by atoms with Crippen LogP contribution in [0.5, 0.6) is 0 Å². The normalized spacial score (nSPS) is 12.5. The first-order valence-corrected chi connectivity index (χ1v) is 6.60. The number of halogens is 1. The lowest BCUT2D eigenvalue weighted by atomic mass is 9.95. The zero-order chi connectivity index (χ0) is 13.7. The van der Waals surface area contributed by atoms with Gasteiger partial charge in [-0.15, -0.1) is 0 Å². The van der Waals surface area contributed by atoms with Gasteiger partial charge in [-0.3, -0.25) is 4.79 Å². The largest absolute Gasteiger partial charge is 0.384 e. The standard InChI is InChI=1S/C13H20ClN3O/c1-4-9(5-2)8(3)16-13(18)12-10(14)6-7-11(15)17-12/h6-9H,4-5H2,1-3H3,(H2,15,17)(H,16,18). The smallest absolute Gasteiger partial charge is 0.271 e. The highest BCUT2D eigenvalue weighted by Gasteiger charge is 2.19. The average Bonchev–Trinajstić information content (AvgIpc) is 2.33. The van der Waals surface area contributed by atoms with Crippen LogP contribution in [0.4, 0.5) is 5.82 Å². The molecule has 0 saturated heterocycles. The summed E-state index contributed by atoms with van der Waals surface area (Å²) in [6.45, 7) is 6.22. The van der Waals surface area contributed by atoms with Crippen LogP contribution in [-0.2, 0) is 0 Å². The molecular formula is C13H20ClN3O. The number of nitrogens with one attached hydrogen (secondary N) is 1. The lowest BCUT2D eigenvalue weighted by Gasteiger charge is -2.22. The number of hydrogen-bond donors (Lipinski definition) is 2. The third-order valence-corrected chi connectivity index (χ3v) is 3.50. The van der Waals surface area contributed by atoms with Crippen LogP contribution in [0.2, 0.25) is 5.02 Å². The molecule has 1 heterocycles. The molecule has 0 bridgehead atoms. The maximum absolute atomic E-state index is 12.1. The highest BCUT2D eigenvalue weighted by Crippen LogP contribution is 2.17. The zero-order valence-electron chi connectivity index (χ0n) is 11.0. The predicted octanol–water partition coefficient (Wildman–Crippen LogP) is 2.87. The molecule has 0 aliphatic heterocycles. The number of aromatic nitrogens is 1. The van der Waals surface area contributed by atoms with Crippen molar-refractivity contribution in [2.24, 2.45) is 5.92 Å². The van der Waals surface area contributed by atoms with E-state index >= 15 is 0 Å². The van der Waals surface area contributed by atoms with E-state index in [1.54, 1.807) is 12.1 Å². The maximum Gasteiger partial charge on any atom is 0.271 e. The molecule has 0 fully saturated rings. The van der Waals surface area contributed by atoms with Gasteiger partial charge < -0.3 is 11.1 Å². The molecule has 0 saturated carbocycles. The number of hydrogen-bond acceptors (Lipinski definition) is 3. The molecule has 0 aliphatic carbocycles. The Kier molecular flexibility index (Phi) is 5.41. The highest BCUT2D eigenvalue weighted by molar-refractivity contribution is 6.33. The summed E-state index contributed by atoms with van der Waals surface area (Å²) in [7, 11) is 0. The van der Waals surface area contributed by atoms with E-state index in [1.165, 1.54) is 0 Å². The van der Waals surface area contributed by atoms with Gasteiger partial charge in [-0.25, -0.2) is 4.98 Å². The van der Waals surface area contributed by atoms with Gasteiger partial charge in [0.15, 0.2) is 0 Å². The van der Waals surface area contributed by atoms with E-state index in [-0.39, 0.29) is 17.6 Å². The van der Waals surface area contributed by atoms with E-state index in [1.807, 2.05) is 6.92 Å². The van der Waals surface area contributed by atoms with E-state index in [0.717, 1.165) is 12.8 Å². The number of nitrogens with two attached hydrogens (primary N) is 1. The fourth-order valence-corrected chi connectivity index (χ4v) is 2.20. The molecular weight excluding hydrogens is 250 g/mol. The second-order valence-corrected chi connectivity index (χ2v) is 4.81. The Morgan fingerprint density at radius 2 is 2.06 bits per heavy atom. The number of amides is 1. The van der Waals surface area contributed by atoms with Gasteiger partial charge in [-0.05, 0) is 25.0 Å². The minimum absolute atomic E-state index is 0.0896. The summed E-state index contributed by atoms with van der Waals surface area (Å²) in [6.07, 6.45) is 2.05. The zero-order valence-corrected chi connectivity index (χ0v) is 11.8. The molecule has 1 rings (SSSR count). The van der Waals surface area contributed by atoms with E-state index in [4.69, 9.17) is 17.3 Å². The summed E-state index contributed by atoms with van der Waals surface area (Å²) in [5, 5.41) is 3.24. The van der Waals surface area contributed by atoms with E-state index in [2.05, 4.69) is 24.1 Å². The molecule has 1 atom stereocenters. The van der Waals surface area contributed by atoms with Crippen LogP contribution >= 0.6 is 11.6 Å². The van der Waals surface area contributed by atoms with Crippen molar-refractivity contribution in [3.63, 3.8) is 0 Å². The van der Waals surface area contributed by atoms with Crippen LogP contribution in [0.15, 0.2) is 12.1 Å². The van der Waals surface area contributed by atoms with Gasteiger partial charge in [0.1, 0.15) is 11.5 Å². The first-order chi connectivity index (χ1) is 8.49. The van der Waals surface area contributed by atoms with Crippen LogP contribution in [0, 0.1) is 5.92 Å². The Hall–Kier alpha value is -1.29. The number of nitrogens with zero attached hydrogens (tertiary/aromatic N) is 1. The number of carbonyl (C=O) groups excluding carboxylic acids is 1. The van der Waals surface area contributed by atoms with Gasteiger partial charge in [0.05, 0.1) is 5.02 Å². The summed E-state index contributed by atoms with van der Waals surface area (Å²) in [4.78, 5) is 16.0. The second-order valence-electron chi connectivity index (χ2n) is 4.41. The molecule has 0 radical (unpaired) electrons. The van der Waals surface area contributed by atoms with Crippen LogP contribution in [0.1, 0.15) is 44.1 Å². The lowest BCUT2D eigenvalue weighted by molar-refractivity contribution is 0.0920. The Balaban J connectivity index is 2.79. The van der Waals surface area contributed by atoms with E-state index < -0.39 is 0 Å². The van der Waals surface area contributed by atoms with Crippen molar-refractivity contribution in [3.8, 4) is 0 Å². The topological polar surface area (TPSA) is 68.0 Å². The number of anilines is 1. The second kappa shape index (κ2) is 6.59. The Labute approximate surface area is 113 Å². The van der Waals surface area contributed by atoms with Gasteiger partial charge in [0.25, 0.3) is 5.91 Å². The summed E-state index contributed by atoms with van der Waals surface area (Å²) >= 11 is 5.94. The average molecular weight is 270 g/mol. The van der Waals surface area contributed by atoms with E-state index in [9.17, 15) is 4.79 Å². The van der Waals surface area contributed by atoms with Crippen molar-refractivity contribution in [1.29, 1.82) is 0 Å². The van der Waals surface area contributed by atoms with Crippen molar-refractivity contribution in [1.82, 2.24) is 10.3 Å². The lowest BCUT2D eigenvalue weighted by Crippen LogP contribution is -2.38. The number of rotatable bonds is 5. The van der Waals surface area contributed by atoms with Crippen LogP contribution in [0.3, 0.4) is 0 Å². The Bertz CT molecular complexity index is 419. The predicted molar refractivity (Wildman–Crippen MR) is 74.7 cm³/mol. The molecule has 18 heavy (non-hydrogen) atoms. The summed E-state index contributed by atoms with van der Waals surface area (Å²) in [6, 6.07) is 3.25. The van der Waals surface area contributed by atoms with Gasteiger partial charge in [-0.2, -0.15) is 0 Å². The van der Waals surface area contributed by atoms with Crippen molar-refractivity contribution in [2.75, 3.05) is 5.73 Å². The monoisotopic (exact) mass is 269 g/mol. The SMILES string of the molecule is CCC(CC)C(C)NC(=O)c1nc(N)ccc1Cl. The fraction of sp³-hybridized carbons (Fsp3) is 0.538.